The fraction of sp³-hybridized carbons (Fsp3) is 0.375. The molecule has 0 radical (unpaired) electrons. The molecule has 0 saturated heterocycles. The lowest BCUT2D eigenvalue weighted by Gasteiger charge is -2.39. The van der Waals surface area contributed by atoms with E-state index in [1.165, 1.54) is 7.05 Å². The Balaban J connectivity index is 1.99. The maximum Gasteiger partial charge on any atom is 0.416 e. The number of hydroxylamine groups is 2. The lowest BCUT2D eigenvalue weighted by molar-refractivity contribution is -0.164. The van der Waals surface area contributed by atoms with Crippen molar-refractivity contribution in [2.24, 2.45) is 17.8 Å². The molecule has 1 aliphatic rings. The van der Waals surface area contributed by atoms with E-state index in [1.54, 1.807) is 6.08 Å². The maximum absolute atomic E-state index is 12.5. The summed E-state index contributed by atoms with van der Waals surface area (Å²) in [5.41, 5.74) is -0.878. The lowest BCUT2D eigenvalue weighted by atomic mass is 9.65. The molecule has 1 fully saturated rings. The number of benzene rings is 1. The number of nitrogens with zero attached hydrogens (tertiary/aromatic N) is 1. The van der Waals surface area contributed by atoms with Gasteiger partial charge in [-0.3, -0.25) is 4.79 Å². The van der Waals surface area contributed by atoms with Crippen LogP contribution in [0.1, 0.15) is 12.0 Å². The Morgan fingerprint density at radius 2 is 1.96 bits per heavy atom. The number of allylic oxidation sites excluding steroid dienone is 1. The summed E-state index contributed by atoms with van der Waals surface area (Å²) in [6.45, 7) is 3.59. The molecule has 1 saturated carbocycles. The van der Waals surface area contributed by atoms with Crippen LogP contribution in [0, 0.1) is 17.8 Å². The first-order valence-corrected chi connectivity index (χ1v) is 8.39. The number of aldehydes is 1. The molecule has 0 N–H and O–H groups in total. The Morgan fingerprint density at radius 1 is 1.36 bits per heavy atom. The van der Waals surface area contributed by atoms with Gasteiger partial charge in [-0.1, -0.05) is 6.08 Å². The van der Waals surface area contributed by atoms with Crippen LogP contribution in [0.15, 0.2) is 41.8 Å². The average molecular weight is 375 g/mol. The minimum Gasteiger partial charge on any atom is -0.303 e. The Morgan fingerprint density at radius 3 is 2.44 bits per heavy atom. The summed E-state index contributed by atoms with van der Waals surface area (Å²) in [7, 11) is 1.24. The van der Waals surface area contributed by atoms with Crippen molar-refractivity contribution in [2.45, 2.75) is 17.5 Å². The Hall–Kier alpha value is -2.00. The van der Waals surface area contributed by atoms with Crippen molar-refractivity contribution in [1.29, 1.82) is 0 Å². The quantitative estimate of drug-likeness (QED) is 0.436. The minimum absolute atomic E-state index is 0.0165. The van der Waals surface area contributed by atoms with E-state index >= 15 is 0 Å². The summed E-state index contributed by atoms with van der Waals surface area (Å²) in [6, 6.07) is 3.59. The highest BCUT2D eigenvalue weighted by molar-refractivity contribution is 7.80. The molecule has 5 nitrogen and oxygen atoms in total. The third-order valence-corrected chi connectivity index (χ3v) is 5.14. The largest absolute Gasteiger partial charge is 0.416 e. The van der Waals surface area contributed by atoms with Gasteiger partial charge in [0, 0.05) is 13.0 Å². The molecule has 1 aliphatic carbocycles. The van der Waals surface area contributed by atoms with Crippen LogP contribution in [-0.4, -0.2) is 28.5 Å². The molecule has 0 bridgehead atoms. The monoisotopic (exact) mass is 375 g/mol. The summed E-state index contributed by atoms with van der Waals surface area (Å²) in [6.07, 6.45) is -1.78. The van der Waals surface area contributed by atoms with Gasteiger partial charge < -0.3 is 4.79 Å². The average Bonchev–Trinajstić information content (AvgIpc) is 2.53. The van der Waals surface area contributed by atoms with E-state index in [0.29, 0.717) is 12.7 Å². The van der Waals surface area contributed by atoms with Crippen LogP contribution < -0.4 is 0 Å². The van der Waals surface area contributed by atoms with E-state index < -0.39 is 40.6 Å². The second-order valence-electron chi connectivity index (χ2n) is 5.62. The van der Waals surface area contributed by atoms with Gasteiger partial charge in [-0.05, 0) is 36.6 Å². The van der Waals surface area contributed by atoms with Crippen LogP contribution >= 0.6 is 0 Å². The molecular formula is C16H16F3NO4S. The summed E-state index contributed by atoms with van der Waals surface area (Å²) in [5, 5.41) is 0.758. The zero-order valence-electron chi connectivity index (χ0n) is 13.2. The van der Waals surface area contributed by atoms with E-state index in [-0.39, 0.29) is 10.8 Å². The standard InChI is InChI=1S/C16H16F3NO4S/c1-3-10-8-13(14(10)9-21)15(22)20(2)24-25(23)12-6-4-11(5-7-12)16(17,18)19/h3-7,9-10,13-14H,1,8H2,2H3. The van der Waals surface area contributed by atoms with Gasteiger partial charge in [0.05, 0.1) is 16.4 Å². The molecule has 1 amide bonds. The first-order valence-electron chi connectivity index (χ1n) is 7.32. The van der Waals surface area contributed by atoms with E-state index in [0.717, 1.165) is 29.3 Å². The van der Waals surface area contributed by atoms with Gasteiger partial charge in [0.15, 0.2) is 0 Å². The molecule has 4 unspecified atom stereocenters. The Labute approximate surface area is 145 Å². The van der Waals surface area contributed by atoms with Gasteiger partial charge in [-0.25, -0.2) is 9.27 Å². The van der Waals surface area contributed by atoms with Crippen LogP contribution in [0.5, 0.6) is 0 Å². The van der Waals surface area contributed by atoms with Gasteiger partial charge in [0.2, 0.25) is 11.1 Å². The van der Waals surface area contributed by atoms with E-state index in [9.17, 15) is 27.0 Å². The lowest BCUT2D eigenvalue weighted by Crippen LogP contribution is -2.47. The van der Waals surface area contributed by atoms with E-state index in [2.05, 4.69) is 6.58 Å². The first kappa shape index (κ1) is 19.3. The third-order valence-electron chi connectivity index (χ3n) is 4.13. The van der Waals surface area contributed by atoms with Crippen LogP contribution in [0.3, 0.4) is 0 Å². The zero-order valence-corrected chi connectivity index (χ0v) is 14.0. The second kappa shape index (κ2) is 7.49. The van der Waals surface area contributed by atoms with Crippen LogP contribution in [-0.2, 0) is 31.1 Å². The van der Waals surface area contributed by atoms with Gasteiger partial charge in [-0.2, -0.15) is 17.5 Å². The summed E-state index contributed by atoms with van der Waals surface area (Å²) < 4.78 is 54.5. The topological polar surface area (TPSA) is 63.7 Å². The number of halogens is 3. The number of hydrogen-bond donors (Lipinski definition) is 0. The van der Waals surface area contributed by atoms with Crippen molar-refractivity contribution in [3.63, 3.8) is 0 Å². The minimum atomic E-state index is -4.50. The molecule has 2 rings (SSSR count). The Kier molecular flexibility index (Phi) is 5.79. The molecule has 0 aromatic heterocycles. The predicted octanol–water partition coefficient (Wildman–Crippen LogP) is 2.76. The highest BCUT2D eigenvalue weighted by atomic mass is 32.2. The molecule has 9 heteroatoms. The van der Waals surface area contributed by atoms with Crippen molar-refractivity contribution in [3.05, 3.63) is 42.5 Å². The number of hydrogen-bond acceptors (Lipinski definition) is 4. The molecule has 0 heterocycles. The highest BCUT2D eigenvalue weighted by Gasteiger charge is 2.45. The van der Waals surface area contributed by atoms with Crippen molar-refractivity contribution in [3.8, 4) is 0 Å². The first-order chi connectivity index (χ1) is 11.7. The number of rotatable bonds is 6. The number of amides is 1. The highest BCUT2D eigenvalue weighted by Crippen LogP contribution is 2.41. The van der Waals surface area contributed by atoms with Crippen LogP contribution in [0.25, 0.3) is 0 Å². The summed E-state index contributed by atoms with van der Waals surface area (Å²) in [5.74, 6) is -1.69. The fourth-order valence-corrected chi connectivity index (χ4v) is 3.32. The molecule has 0 aliphatic heterocycles. The number of carbonyl (C=O) groups is 2. The SMILES string of the molecule is C=CC1CC(C(=O)N(C)OS(=O)c2ccc(C(F)(F)F)cc2)C1C=O. The molecule has 136 valence electrons. The predicted molar refractivity (Wildman–Crippen MR) is 83.1 cm³/mol. The van der Waals surface area contributed by atoms with Crippen molar-refractivity contribution in [1.82, 2.24) is 5.06 Å². The van der Waals surface area contributed by atoms with Crippen molar-refractivity contribution in [2.75, 3.05) is 7.05 Å². The van der Waals surface area contributed by atoms with Crippen molar-refractivity contribution < 1.29 is 31.3 Å². The van der Waals surface area contributed by atoms with Crippen LogP contribution in [0.2, 0.25) is 0 Å². The smallest absolute Gasteiger partial charge is 0.303 e. The van der Waals surface area contributed by atoms with Gasteiger partial charge in [0.25, 0.3) is 5.91 Å². The molecule has 0 spiro atoms. The van der Waals surface area contributed by atoms with Gasteiger partial charge in [-0.15, -0.1) is 6.58 Å². The van der Waals surface area contributed by atoms with Crippen molar-refractivity contribution >= 4 is 23.3 Å². The summed E-state index contributed by atoms with van der Waals surface area (Å²) in [4.78, 5) is 23.3. The number of carbonyl (C=O) groups excluding carboxylic acids is 2. The third kappa shape index (κ3) is 4.16. The fourth-order valence-electron chi connectivity index (χ4n) is 2.59. The van der Waals surface area contributed by atoms with Gasteiger partial charge >= 0.3 is 6.18 Å². The molecule has 1 aromatic rings. The van der Waals surface area contributed by atoms with Crippen LogP contribution in [0.4, 0.5) is 13.2 Å². The summed E-state index contributed by atoms with van der Waals surface area (Å²) >= 11 is -2.16. The molecule has 1 aromatic carbocycles. The second-order valence-corrected chi connectivity index (χ2v) is 6.71. The molecular weight excluding hydrogens is 359 g/mol. The normalized spacial score (nSPS) is 24.1. The molecule has 25 heavy (non-hydrogen) atoms. The van der Waals surface area contributed by atoms with E-state index in [4.69, 9.17) is 4.28 Å². The zero-order chi connectivity index (χ0) is 18.8. The molecule has 4 atom stereocenters. The van der Waals surface area contributed by atoms with Gasteiger partial charge in [0.1, 0.15) is 6.29 Å². The number of alkyl halides is 3. The Bertz CT molecular complexity index is 690. The maximum atomic E-state index is 12.5. The van der Waals surface area contributed by atoms with E-state index in [1.807, 2.05) is 0 Å².